The molecule has 1 aromatic carbocycles. The molecule has 0 unspecified atom stereocenters. The smallest absolute Gasteiger partial charge is 0.241 e. The van der Waals surface area contributed by atoms with Crippen molar-refractivity contribution in [2.45, 2.75) is 25.1 Å². The van der Waals surface area contributed by atoms with E-state index in [-0.39, 0.29) is 12.1 Å². The summed E-state index contributed by atoms with van der Waals surface area (Å²) in [5.41, 5.74) is 1.88. The van der Waals surface area contributed by atoms with Crippen LogP contribution in [0.5, 0.6) is 5.75 Å². The molecule has 3 heterocycles. The molecule has 0 saturated carbocycles. The van der Waals surface area contributed by atoms with Crippen molar-refractivity contribution in [3.8, 4) is 17.1 Å². The zero-order valence-electron chi connectivity index (χ0n) is 13.8. The van der Waals surface area contributed by atoms with Crippen LogP contribution in [0.2, 0.25) is 0 Å². The van der Waals surface area contributed by atoms with Gasteiger partial charge in [0.15, 0.2) is 0 Å². The molecular weight excluding hydrogens is 322 g/mol. The Balaban J connectivity index is 1.54. The molecule has 0 spiro atoms. The van der Waals surface area contributed by atoms with E-state index in [2.05, 4.69) is 15.0 Å². The third kappa shape index (κ3) is 3.29. The summed E-state index contributed by atoms with van der Waals surface area (Å²) in [4.78, 5) is 6.56. The first-order chi connectivity index (χ1) is 12.2. The summed E-state index contributed by atoms with van der Waals surface area (Å²) in [5.74, 6) is 1.82. The Bertz CT molecular complexity index is 830. The Morgan fingerprint density at radius 2 is 2.28 bits per heavy atom. The van der Waals surface area contributed by atoms with Crippen LogP contribution in [0.4, 0.5) is 0 Å². The van der Waals surface area contributed by atoms with E-state index < -0.39 is 0 Å². The van der Waals surface area contributed by atoms with Gasteiger partial charge in [-0.3, -0.25) is 4.90 Å². The quantitative estimate of drug-likeness (QED) is 0.763. The van der Waals surface area contributed by atoms with Crippen molar-refractivity contribution in [3.05, 3.63) is 54.3 Å². The van der Waals surface area contributed by atoms with Crippen LogP contribution >= 0.6 is 0 Å². The van der Waals surface area contributed by atoms with Crippen LogP contribution in [0.15, 0.2) is 51.8 Å². The molecule has 7 heteroatoms. The van der Waals surface area contributed by atoms with E-state index in [0.29, 0.717) is 31.2 Å². The molecule has 1 aliphatic heterocycles. The zero-order valence-corrected chi connectivity index (χ0v) is 13.8. The van der Waals surface area contributed by atoms with Gasteiger partial charge < -0.3 is 18.8 Å². The lowest BCUT2D eigenvalue weighted by Gasteiger charge is -2.23. The average Bonchev–Trinajstić information content (AvgIpc) is 3.36. The number of aliphatic hydroxyl groups excluding tert-OH is 1. The van der Waals surface area contributed by atoms with Gasteiger partial charge >= 0.3 is 0 Å². The molecule has 2 atom stereocenters. The maximum atomic E-state index is 10.1. The van der Waals surface area contributed by atoms with Crippen LogP contribution in [-0.2, 0) is 6.54 Å². The predicted octanol–water partition coefficient (Wildman–Crippen LogP) is 2.65. The summed E-state index contributed by atoms with van der Waals surface area (Å²) in [6.07, 6.45) is 3.43. The van der Waals surface area contributed by atoms with Gasteiger partial charge in [0.05, 0.1) is 31.6 Å². The third-order valence-electron chi connectivity index (χ3n) is 4.45. The zero-order chi connectivity index (χ0) is 17.2. The third-order valence-corrected chi connectivity index (χ3v) is 4.45. The van der Waals surface area contributed by atoms with E-state index in [1.807, 2.05) is 24.3 Å². The van der Waals surface area contributed by atoms with Gasteiger partial charge in [-0.2, -0.15) is 4.98 Å². The number of hydrogen-bond donors (Lipinski definition) is 1. The summed E-state index contributed by atoms with van der Waals surface area (Å²) < 4.78 is 15.7. The first-order valence-electron chi connectivity index (χ1n) is 8.14. The molecule has 1 aliphatic rings. The van der Waals surface area contributed by atoms with Gasteiger partial charge in [0, 0.05) is 12.6 Å². The number of ether oxygens (including phenoxy) is 1. The lowest BCUT2D eigenvalue weighted by molar-refractivity contribution is 0.164. The summed E-state index contributed by atoms with van der Waals surface area (Å²) in [5, 5.41) is 14.1. The monoisotopic (exact) mass is 341 g/mol. The van der Waals surface area contributed by atoms with Gasteiger partial charge in [-0.1, -0.05) is 17.3 Å². The van der Waals surface area contributed by atoms with Crippen LogP contribution in [0, 0.1) is 0 Å². The normalized spacial score (nSPS) is 20.9. The van der Waals surface area contributed by atoms with E-state index in [1.165, 1.54) is 0 Å². The van der Waals surface area contributed by atoms with Crippen LogP contribution < -0.4 is 4.74 Å². The number of aromatic nitrogens is 2. The minimum Gasteiger partial charge on any atom is -0.497 e. The summed E-state index contributed by atoms with van der Waals surface area (Å²) in [7, 11) is 1.65. The number of rotatable bonds is 5. The number of furan rings is 1. The molecule has 4 rings (SSSR count). The molecule has 1 saturated heterocycles. The topological polar surface area (TPSA) is 84.8 Å². The van der Waals surface area contributed by atoms with Crippen molar-refractivity contribution in [1.29, 1.82) is 0 Å². The van der Waals surface area contributed by atoms with Crippen LogP contribution in [0.1, 0.15) is 23.9 Å². The van der Waals surface area contributed by atoms with Crippen molar-refractivity contribution in [2.75, 3.05) is 13.7 Å². The van der Waals surface area contributed by atoms with Crippen molar-refractivity contribution in [3.63, 3.8) is 0 Å². The molecule has 0 bridgehead atoms. The maximum absolute atomic E-state index is 10.1. The van der Waals surface area contributed by atoms with Crippen molar-refractivity contribution in [2.24, 2.45) is 0 Å². The maximum Gasteiger partial charge on any atom is 0.241 e. The molecule has 1 fully saturated rings. The van der Waals surface area contributed by atoms with Gasteiger partial charge in [0.25, 0.3) is 0 Å². The number of nitrogens with zero attached hydrogens (tertiary/aromatic N) is 3. The second-order valence-corrected chi connectivity index (χ2v) is 6.14. The van der Waals surface area contributed by atoms with Gasteiger partial charge in [0.2, 0.25) is 11.7 Å². The lowest BCUT2D eigenvalue weighted by Crippen LogP contribution is -2.24. The highest BCUT2D eigenvalue weighted by Gasteiger charge is 2.33. The highest BCUT2D eigenvalue weighted by atomic mass is 16.5. The van der Waals surface area contributed by atoms with Crippen molar-refractivity contribution in [1.82, 2.24) is 15.0 Å². The van der Waals surface area contributed by atoms with E-state index in [9.17, 15) is 5.11 Å². The van der Waals surface area contributed by atoms with E-state index in [0.717, 1.165) is 16.9 Å². The Kier molecular flexibility index (Phi) is 4.25. The molecule has 0 amide bonds. The van der Waals surface area contributed by atoms with E-state index in [4.69, 9.17) is 13.7 Å². The number of benzene rings is 1. The van der Waals surface area contributed by atoms with Crippen molar-refractivity contribution >= 4 is 0 Å². The Labute approximate surface area is 144 Å². The number of β-amino-alcohol motifs (C(OH)–C–C–N with tert-alkyl or cyclic N) is 1. The highest BCUT2D eigenvalue weighted by molar-refractivity contribution is 5.51. The molecule has 2 aromatic heterocycles. The number of likely N-dealkylation sites (tertiary alicyclic amines) is 1. The Hall–Kier alpha value is -2.64. The molecule has 25 heavy (non-hydrogen) atoms. The minimum atomic E-state index is -0.382. The number of hydrogen-bond acceptors (Lipinski definition) is 7. The predicted molar refractivity (Wildman–Crippen MR) is 88.8 cm³/mol. The molecule has 3 aromatic rings. The van der Waals surface area contributed by atoms with E-state index >= 15 is 0 Å². The fraction of sp³-hybridized carbons (Fsp3) is 0.333. The van der Waals surface area contributed by atoms with Crippen LogP contribution in [-0.4, -0.2) is 39.9 Å². The average molecular weight is 341 g/mol. The molecule has 7 nitrogen and oxygen atoms in total. The number of aliphatic hydroxyl groups is 1. The summed E-state index contributed by atoms with van der Waals surface area (Å²) in [6.45, 7) is 1.04. The molecular formula is C18H19N3O4. The van der Waals surface area contributed by atoms with Crippen molar-refractivity contribution < 1.29 is 18.8 Å². The molecule has 0 aliphatic carbocycles. The lowest BCUT2D eigenvalue weighted by atomic mass is 10.0. The minimum absolute atomic E-state index is 0.0781. The fourth-order valence-corrected chi connectivity index (χ4v) is 3.25. The summed E-state index contributed by atoms with van der Waals surface area (Å²) >= 11 is 0. The molecule has 0 radical (unpaired) electrons. The second-order valence-electron chi connectivity index (χ2n) is 6.14. The Morgan fingerprint density at radius 3 is 3.08 bits per heavy atom. The summed E-state index contributed by atoms with van der Waals surface area (Å²) in [6, 6.07) is 9.78. The van der Waals surface area contributed by atoms with Gasteiger partial charge in [0.1, 0.15) is 12.0 Å². The largest absolute Gasteiger partial charge is 0.497 e. The first kappa shape index (κ1) is 15.9. The standard InChI is InChI=1S/C18H19N3O4/c1-23-15-4-2-3-12(7-15)16-8-14(22)9-21(16)10-17-19-18(20-25-17)13-5-6-24-11-13/h2-7,11,14,16,22H,8-10H2,1H3/t14-,16-/m1/s1. The van der Waals surface area contributed by atoms with Gasteiger partial charge in [-0.25, -0.2) is 0 Å². The molecule has 1 N–H and O–H groups in total. The van der Waals surface area contributed by atoms with Gasteiger partial charge in [-0.15, -0.1) is 0 Å². The molecule has 130 valence electrons. The second kappa shape index (κ2) is 6.70. The van der Waals surface area contributed by atoms with Crippen LogP contribution in [0.3, 0.4) is 0 Å². The van der Waals surface area contributed by atoms with E-state index in [1.54, 1.807) is 25.7 Å². The van der Waals surface area contributed by atoms with Gasteiger partial charge in [-0.05, 0) is 30.2 Å². The Morgan fingerprint density at radius 1 is 1.36 bits per heavy atom. The van der Waals surface area contributed by atoms with Crippen LogP contribution in [0.25, 0.3) is 11.4 Å². The first-order valence-corrected chi connectivity index (χ1v) is 8.14. The fourth-order valence-electron chi connectivity index (χ4n) is 3.25. The highest BCUT2D eigenvalue weighted by Crippen LogP contribution is 2.34. The SMILES string of the molecule is COc1cccc([C@H]2C[C@@H](O)CN2Cc2nc(-c3ccoc3)no2)c1. The number of methoxy groups -OCH3 is 1.